The first-order valence-corrected chi connectivity index (χ1v) is 8.16. The number of nitrogens with one attached hydrogen (secondary N) is 1. The summed E-state index contributed by atoms with van der Waals surface area (Å²) in [5, 5.41) is 3.52. The minimum Gasteiger partial charge on any atom is -0.312 e. The van der Waals surface area contributed by atoms with Crippen molar-refractivity contribution in [2.24, 2.45) is 5.92 Å². The van der Waals surface area contributed by atoms with Crippen molar-refractivity contribution in [3.63, 3.8) is 0 Å². The number of hydrogen-bond donors (Lipinski definition) is 1. The van der Waals surface area contributed by atoms with Gasteiger partial charge in [-0.3, -0.25) is 4.90 Å². The summed E-state index contributed by atoms with van der Waals surface area (Å²) in [6, 6.07) is 9.01. The quantitative estimate of drug-likeness (QED) is 0.693. The number of benzene rings is 1. The van der Waals surface area contributed by atoms with E-state index in [4.69, 9.17) is 0 Å². The van der Waals surface area contributed by atoms with Crippen molar-refractivity contribution < 1.29 is 0 Å². The lowest BCUT2D eigenvalue weighted by Crippen LogP contribution is -2.24. The van der Waals surface area contributed by atoms with Crippen molar-refractivity contribution in [3.05, 3.63) is 35.4 Å². The number of nitrogens with zero attached hydrogens (tertiary/aromatic N) is 1. The summed E-state index contributed by atoms with van der Waals surface area (Å²) in [4.78, 5) is 2.53. The van der Waals surface area contributed by atoms with Gasteiger partial charge in [0.2, 0.25) is 0 Å². The predicted molar refractivity (Wildman–Crippen MR) is 88.8 cm³/mol. The van der Waals surface area contributed by atoms with Crippen LogP contribution in [-0.2, 0) is 13.1 Å². The van der Waals surface area contributed by atoms with E-state index >= 15 is 0 Å². The lowest BCUT2D eigenvalue weighted by atomic mass is 10.1. The van der Waals surface area contributed by atoms with Gasteiger partial charge >= 0.3 is 0 Å². The lowest BCUT2D eigenvalue weighted by Gasteiger charge is -2.20. The summed E-state index contributed by atoms with van der Waals surface area (Å²) in [6.45, 7) is 14.5. The Kier molecular flexibility index (Phi) is 8.56. The molecule has 0 fully saturated rings. The summed E-state index contributed by atoms with van der Waals surface area (Å²) < 4.78 is 0. The normalized spacial score (nSPS) is 11.5. The molecule has 2 heteroatoms. The Morgan fingerprint density at radius 1 is 1.15 bits per heavy atom. The van der Waals surface area contributed by atoms with Gasteiger partial charge in [-0.25, -0.2) is 0 Å². The van der Waals surface area contributed by atoms with Crippen LogP contribution in [-0.4, -0.2) is 24.5 Å². The molecule has 0 aliphatic carbocycles. The third-order valence-corrected chi connectivity index (χ3v) is 3.55. The molecule has 1 aromatic carbocycles. The first-order valence-electron chi connectivity index (χ1n) is 8.16. The summed E-state index contributed by atoms with van der Waals surface area (Å²) >= 11 is 0. The third kappa shape index (κ3) is 7.06. The zero-order chi connectivity index (χ0) is 14.8. The fraction of sp³-hybridized carbons (Fsp3) is 0.667. The largest absolute Gasteiger partial charge is 0.312 e. The monoisotopic (exact) mass is 276 g/mol. The maximum atomic E-state index is 3.52. The number of rotatable bonds is 10. The molecule has 0 saturated heterocycles. The SMILES string of the molecule is CCCCN(CC)Cc1cccc(CNCC(C)C)c1. The van der Waals surface area contributed by atoms with E-state index in [-0.39, 0.29) is 0 Å². The second kappa shape index (κ2) is 9.95. The molecule has 0 aromatic heterocycles. The molecule has 1 aromatic rings. The van der Waals surface area contributed by atoms with Crippen molar-refractivity contribution in [1.82, 2.24) is 10.2 Å². The van der Waals surface area contributed by atoms with E-state index < -0.39 is 0 Å². The van der Waals surface area contributed by atoms with Crippen LogP contribution in [0.3, 0.4) is 0 Å². The van der Waals surface area contributed by atoms with Gasteiger partial charge in [0.05, 0.1) is 0 Å². The highest BCUT2D eigenvalue weighted by molar-refractivity contribution is 5.23. The molecule has 1 N–H and O–H groups in total. The summed E-state index contributed by atoms with van der Waals surface area (Å²) in [5.41, 5.74) is 2.83. The molecular formula is C18H32N2. The minimum absolute atomic E-state index is 0.711. The standard InChI is InChI=1S/C18H32N2/c1-5-7-11-20(6-2)15-18-10-8-9-17(12-18)14-19-13-16(3)4/h8-10,12,16,19H,5-7,11,13-15H2,1-4H3. The first-order chi connectivity index (χ1) is 9.65. The zero-order valence-electron chi connectivity index (χ0n) is 13.8. The Balaban J connectivity index is 2.49. The average molecular weight is 276 g/mol. The van der Waals surface area contributed by atoms with Gasteiger partial charge in [-0.2, -0.15) is 0 Å². The van der Waals surface area contributed by atoms with Gasteiger partial charge in [0, 0.05) is 13.1 Å². The first kappa shape index (κ1) is 17.2. The molecule has 20 heavy (non-hydrogen) atoms. The van der Waals surface area contributed by atoms with E-state index in [1.807, 2.05) is 0 Å². The highest BCUT2D eigenvalue weighted by Gasteiger charge is 2.04. The molecule has 0 amide bonds. The van der Waals surface area contributed by atoms with E-state index in [1.54, 1.807) is 0 Å². The molecule has 0 saturated carbocycles. The van der Waals surface area contributed by atoms with Gasteiger partial charge in [0.1, 0.15) is 0 Å². The second-order valence-corrected chi connectivity index (χ2v) is 6.07. The predicted octanol–water partition coefficient (Wildman–Crippen LogP) is 4.05. The molecule has 0 unspecified atom stereocenters. The van der Waals surface area contributed by atoms with Crippen LogP contribution in [0.1, 0.15) is 51.7 Å². The molecule has 0 radical (unpaired) electrons. The molecule has 0 spiro atoms. The van der Waals surface area contributed by atoms with Crippen LogP contribution in [0.4, 0.5) is 0 Å². The summed E-state index contributed by atoms with van der Waals surface area (Å²) in [6.07, 6.45) is 2.57. The summed E-state index contributed by atoms with van der Waals surface area (Å²) in [5.74, 6) is 0.711. The Labute approximate surface area is 125 Å². The second-order valence-electron chi connectivity index (χ2n) is 6.07. The van der Waals surface area contributed by atoms with Crippen LogP contribution in [0.25, 0.3) is 0 Å². The van der Waals surface area contributed by atoms with Crippen molar-refractivity contribution in [3.8, 4) is 0 Å². The van der Waals surface area contributed by atoms with Crippen molar-refractivity contribution >= 4 is 0 Å². The Bertz CT molecular complexity index is 360. The van der Waals surface area contributed by atoms with E-state index in [1.165, 1.54) is 30.5 Å². The Hall–Kier alpha value is -0.860. The number of unbranched alkanes of at least 4 members (excludes halogenated alkanes) is 1. The van der Waals surface area contributed by atoms with Crippen LogP contribution < -0.4 is 5.32 Å². The van der Waals surface area contributed by atoms with Crippen molar-refractivity contribution in [1.29, 1.82) is 0 Å². The molecule has 1 rings (SSSR count). The lowest BCUT2D eigenvalue weighted by molar-refractivity contribution is 0.275. The van der Waals surface area contributed by atoms with E-state index in [9.17, 15) is 0 Å². The Morgan fingerprint density at radius 2 is 1.90 bits per heavy atom. The van der Waals surface area contributed by atoms with Gasteiger partial charge in [0.25, 0.3) is 0 Å². The smallest absolute Gasteiger partial charge is 0.0233 e. The van der Waals surface area contributed by atoms with Crippen LogP contribution in [0, 0.1) is 5.92 Å². The van der Waals surface area contributed by atoms with Gasteiger partial charge in [-0.05, 0) is 43.1 Å². The Morgan fingerprint density at radius 3 is 2.55 bits per heavy atom. The third-order valence-electron chi connectivity index (χ3n) is 3.55. The van der Waals surface area contributed by atoms with Gasteiger partial charge in [-0.1, -0.05) is 58.4 Å². The fourth-order valence-corrected chi connectivity index (χ4v) is 2.33. The van der Waals surface area contributed by atoms with Crippen LogP contribution >= 0.6 is 0 Å². The summed E-state index contributed by atoms with van der Waals surface area (Å²) in [7, 11) is 0. The van der Waals surface area contributed by atoms with Gasteiger partial charge < -0.3 is 5.32 Å². The molecule has 0 heterocycles. The average Bonchev–Trinajstić information content (AvgIpc) is 2.43. The maximum Gasteiger partial charge on any atom is 0.0233 e. The molecule has 0 aliphatic rings. The van der Waals surface area contributed by atoms with Crippen molar-refractivity contribution in [2.75, 3.05) is 19.6 Å². The number of hydrogen-bond acceptors (Lipinski definition) is 2. The van der Waals surface area contributed by atoms with Gasteiger partial charge in [-0.15, -0.1) is 0 Å². The van der Waals surface area contributed by atoms with Crippen LogP contribution in [0.15, 0.2) is 24.3 Å². The van der Waals surface area contributed by atoms with Crippen LogP contribution in [0.5, 0.6) is 0 Å². The fourth-order valence-electron chi connectivity index (χ4n) is 2.33. The van der Waals surface area contributed by atoms with E-state index in [0.29, 0.717) is 5.92 Å². The molecule has 0 bridgehead atoms. The maximum absolute atomic E-state index is 3.52. The van der Waals surface area contributed by atoms with Gasteiger partial charge in [0.15, 0.2) is 0 Å². The topological polar surface area (TPSA) is 15.3 Å². The van der Waals surface area contributed by atoms with Crippen molar-refractivity contribution in [2.45, 2.75) is 53.6 Å². The molecule has 2 nitrogen and oxygen atoms in total. The highest BCUT2D eigenvalue weighted by Crippen LogP contribution is 2.09. The minimum atomic E-state index is 0.711. The van der Waals surface area contributed by atoms with E-state index in [0.717, 1.165) is 26.2 Å². The zero-order valence-corrected chi connectivity index (χ0v) is 13.8. The molecule has 0 atom stereocenters. The highest BCUT2D eigenvalue weighted by atomic mass is 15.1. The van der Waals surface area contributed by atoms with E-state index in [2.05, 4.69) is 62.2 Å². The molecule has 114 valence electrons. The van der Waals surface area contributed by atoms with Crippen LogP contribution in [0.2, 0.25) is 0 Å². The molecule has 0 aliphatic heterocycles. The molecular weight excluding hydrogens is 244 g/mol.